The molecular formula is C14H16FNO2. The summed E-state index contributed by atoms with van der Waals surface area (Å²) in [6.45, 7) is 3.89. The summed E-state index contributed by atoms with van der Waals surface area (Å²) in [5.74, 6) is -1.24. The van der Waals surface area contributed by atoms with Gasteiger partial charge in [0, 0.05) is 5.56 Å². The zero-order valence-electron chi connectivity index (χ0n) is 10.7. The van der Waals surface area contributed by atoms with Crippen LogP contribution in [0.15, 0.2) is 18.2 Å². The molecule has 0 bridgehead atoms. The molecule has 0 aromatic heterocycles. The fourth-order valence-corrected chi connectivity index (χ4v) is 1.70. The number of Topliss-reactive ketones (excluding diaryl/α,β-unsaturated/α-hetero) is 1. The predicted octanol–water partition coefficient (Wildman–Crippen LogP) is 3.20. The molecular weight excluding hydrogens is 233 g/mol. The Balaban J connectivity index is 2.99. The number of methoxy groups -OCH3 is 1. The third-order valence-corrected chi connectivity index (χ3v) is 2.62. The molecule has 1 rings (SSSR count). The summed E-state index contributed by atoms with van der Waals surface area (Å²) in [4.78, 5) is 12.1. The van der Waals surface area contributed by atoms with E-state index < -0.39 is 11.7 Å². The zero-order chi connectivity index (χ0) is 13.7. The summed E-state index contributed by atoms with van der Waals surface area (Å²) in [6, 6.07) is 5.89. The van der Waals surface area contributed by atoms with E-state index in [-0.39, 0.29) is 17.5 Å². The second-order valence-electron chi connectivity index (χ2n) is 4.52. The van der Waals surface area contributed by atoms with Crippen LogP contribution in [-0.4, -0.2) is 12.9 Å². The summed E-state index contributed by atoms with van der Waals surface area (Å²) in [5, 5.41) is 9.01. The molecule has 0 heterocycles. The highest BCUT2D eigenvalue weighted by Gasteiger charge is 2.21. The van der Waals surface area contributed by atoms with Crippen molar-refractivity contribution in [2.75, 3.05) is 7.11 Å². The molecule has 0 saturated carbocycles. The largest absolute Gasteiger partial charge is 0.494 e. The van der Waals surface area contributed by atoms with Crippen LogP contribution >= 0.6 is 0 Å². The number of hydrogen-bond acceptors (Lipinski definition) is 3. The van der Waals surface area contributed by atoms with E-state index in [1.165, 1.54) is 25.3 Å². The van der Waals surface area contributed by atoms with Gasteiger partial charge in [-0.15, -0.1) is 0 Å². The second-order valence-corrected chi connectivity index (χ2v) is 4.52. The molecule has 1 unspecified atom stereocenters. The van der Waals surface area contributed by atoms with Crippen molar-refractivity contribution < 1.29 is 13.9 Å². The van der Waals surface area contributed by atoms with Crippen molar-refractivity contribution in [3.05, 3.63) is 29.6 Å². The fraction of sp³-hybridized carbons (Fsp3) is 0.429. The SMILES string of the molecule is COc1cc(C(=O)C(C#N)CC(C)C)ccc1F. The maximum atomic E-state index is 13.2. The molecule has 0 aliphatic heterocycles. The highest BCUT2D eigenvalue weighted by Crippen LogP contribution is 2.22. The van der Waals surface area contributed by atoms with Crippen molar-refractivity contribution in [2.24, 2.45) is 11.8 Å². The summed E-state index contributed by atoms with van der Waals surface area (Å²) >= 11 is 0. The number of carbonyl (C=O) groups excluding carboxylic acids is 1. The van der Waals surface area contributed by atoms with Crippen LogP contribution < -0.4 is 4.74 Å². The van der Waals surface area contributed by atoms with E-state index in [0.717, 1.165) is 0 Å². The Kier molecular flexibility index (Phi) is 4.85. The smallest absolute Gasteiger partial charge is 0.180 e. The first kappa shape index (κ1) is 14.2. The maximum absolute atomic E-state index is 13.2. The molecule has 0 radical (unpaired) electrons. The van der Waals surface area contributed by atoms with Crippen molar-refractivity contribution in [1.29, 1.82) is 5.26 Å². The van der Waals surface area contributed by atoms with Gasteiger partial charge in [-0.2, -0.15) is 5.26 Å². The van der Waals surface area contributed by atoms with Crippen molar-refractivity contribution >= 4 is 5.78 Å². The van der Waals surface area contributed by atoms with Crippen LogP contribution in [0, 0.1) is 29.0 Å². The number of ketones is 1. The molecule has 0 fully saturated rings. The van der Waals surface area contributed by atoms with Gasteiger partial charge in [0.05, 0.1) is 13.2 Å². The Hall–Kier alpha value is -1.89. The van der Waals surface area contributed by atoms with Gasteiger partial charge >= 0.3 is 0 Å². The van der Waals surface area contributed by atoms with Gasteiger partial charge < -0.3 is 4.74 Å². The molecule has 18 heavy (non-hydrogen) atoms. The fourth-order valence-electron chi connectivity index (χ4n) is 1.70. The van der Waals surface area contributed by atoms with Crippen LogP contribution in [0.5, 0.6) is 5.75 Å². The minimum Gasteiger partial charge on any atom is -0.494 e. The number of hydrogen-bond donors (Lipinski definition) is 0. The lowest BCUT2D eigenvalue weighted by Crippen LogP contribution is -2.15. The minimum atomic E-state index is -0.694. The predicted molar refractivity (Wildman–Crippen MR) is 65.8 cm³/mol. The normalized spacial score (nSPS) is 12.0. The van der Waals surface area contributed by atoms with Crippen LogP contribution in [-0.2, 0) is 0 Å². The molecule has 1 aromatic rings. The Morgan fingerprint density at radius 1 is 1.50 bits per heavy atom. The van der Waals surface area contributed by atoms with E-state index in [9.17, 15) is 9.18 Å². The van der Waals surface area contributed by atoms with E-state index in [1.807, 2.05) is 19.9 Å². The van der Waals surface area contributed by atoms with Gasteiger partial charge in [-0.1, -0.05) is 13.8 Å². The highest BCUT2D eigenvalue weighted by molar-refractivity contribution is 5.99. The van der Waals surface area contributed by atoms with E-state index >= 15 is 0 Å². The standard InChI is InChI=1S/C14H16FNO2/c1-9(2)6-11(8-16)14(17)10-4-5-12(15)13(7-10)18-3/h4-5,7,9,11H,6H2,1-3H3. The number of rotatable bonds is 5. The average Bonchev–Trinajstić information content (AvgIpc) is 2.35. The van der Waals surface area contributed by atoms with Gasteiger partial charge in [0.2, 0.25) is 0 Å². The van der Waals surface area contributed by atoms with Crippen LogP contribution in [0.2, 0.25) is 0 Å². The monoisotopic (exact) mass is 249 g/mol. The molecule has 1 atom stereocenters. The number of nitriles is 1. The van der Waals surface area contributed by atoms with Crippen molar-refractivity contribution in [3.8, 4) is 11.8 Å². The summed E-state index contributed by atoms with van der Waals surface area (Å²) in [5.41, 5.74) is 0.306. The van der Waals surface area contributed by atoms with Crippen LogP contribution in [0.1, 0.15) is 30.6 Å². The molecule has 0 N–H and O–H groups in total. The molecule has 0 saturated heterocycles. The zero-order valence-corrected chi connectivity index (χ0v) is 10.7. The van der Waals surface area contributed by atoms with E-state index in [0.29, 0.717) is 12.0 Å². The van der Waals surface area contributed by atoms with Gasteiger partial charge in [-0.05, 0) is 30.5 Å². The Labute approximate surface area is 106 Å². The Morgan fingerprint density at radius 2 is 2.17 bits per heavy atom. The Morgan fingerprint density at radius 3 is 2.67 bits per heavy atom. The molecule has 0 spiro atoms. The summed E-state index contributed by atoms with van der Waals surface area (Å²) in [6.07, 6.45) is 0.495. The lowest BCUT2D eigenvalue weighted by atomic mass is 9.91. The first-order valence-corrected chi connectivity index (χ1v) is 5.77. The maximum Gasteiger partial charge on any atom is 0.180 e. The van der Waals surface area contributed by atoms with Crippen LogP contribution in [0.3, 0.4) is 0 Å². The highest BCUT2D eigenvalue weighted by atomic mass is 19.1. The van der Waals surface area contributed by atoms with Crippen LogP contribution in [0.25, 0.3) is 0 Å². The number of benzene rings is 1. The first-order chi connectivity index (χ1) is 8.49. The van der Waals surface area contributed by atoms with Crippen molar-refractivity contribution in [1.82, 2.24) is 0 Å². The van der Waals surface area contributed by atoms with E-state index in [2.05, 4.69) is 0 Å². The van der Waals surface area contributed by atoms with Gasteiger partial charge in [0.25, 0.3) is 0 Å². The lowest BCUT2D eigenvalue weighted by molar-refractivity contribution is 0.0936. The van der Waals surface area contributed by atoms with Crippen LogP contribution in [0.4, 0.5) is 4.39 Å². The van der Waals surface area contributed by atoms with Gasteiger partial charge in [0.15, 0.2) is 17.3 Å². The van der Waals surface area contributed by atoms with Crippen molar-refractivity contribution in [3.63, 3.8) is 0 Å². The van der Waals surface area contributed by atoms with Crippen molar-refractivity contribution in [2.45, 2.75) is 20.3 Å². The van der Waals surface area contributed by atoms with Gasteiger partial charge in [0.1, 0.15) is 5.92 Å². The Bertz CT molecular complexity index is 477. The molecule has 1 aromatic carbocycles. The molecule has 0 aliphatic carbocycles. The molecule has 4 heteroatoms. The van der Waals surface area contributed by atoms with Gasteiger partial charge in [-0.3, -0.25) is 4.79 Å². The lowest BCUT2D eigenvalue weighted by Gasteiger charge is -2.11. The number of halogens is 1. The topological polar surface area (TPSA) is 50.1 Å². The molecule has 96 valence electrons. The molecule has 0 amide bonds. The summed E-state index contributed by atoms with van der Waals surface area (Å²) < 4.78 is 18.0. The molecule has 0 aliphatic rings. The minimum absolute atomic E-state index is 0.0158. The third kappa shape index (κ3) is 3.30. The number of carbonyl (C=O) groups is 1. The quantitative estimate of drug-likeness (QED) is 0.753. The second kappa shape index (κ2) is 6.15. The number of ether oxygens (including phenoxy) is 1. The van der Waals surface area contributed by atoms with Gasteiger partial charge in [-0.25, -0.2) is 4.39 Å². The third-order valence-electron chi connectivity index (χ3n) is 2.62. The first-order valence-electron chi connectivity index (χ1n) is 5.77. The summed E-state index contributed by atoms with van der Waals surface area (Å²) in [7, 11) is 1.34. The molecule has 3 nitrogen and oxygen atoms in total. The number of nitrogens with zero attached hydrogens (tertiary/aromatic N) is 1. The van der Waals surface area contributed by atoms with E-state index in [1.54, 1.807) is 0 Å². The van der Waals surface area contributed by atoms with E-state index in [4.69, 9.17) is 10.00 Å². The average molecular weight is 249 g/mol.